The number of fused-ring (bicyclic) bond motifs is 2. The Morgan fingerprint density at radius 2 is 1.76 bits per heavy atom. The van der Waals surface area contributed by atoms with E-state index in [1.54, 1.807) is 13.4 Å². The molecule has 3 heterocycles. The quantitative estimate of drug-likeness (QED) is 0.281. The van der Waals surface area contributed by atoms with Gasteiger partial charge in [-0.05, 0) is 49.4 Å². The van der Waals surface area contributed by atoms with Crippen LogP contribution in [-0.4, -0.2) is 86.0 Å². The fourth-order valence-electron chi connectivity index (χ4n) is 5.26. The van der Waals surface area contributed by atoms with E-state index < -0.39 is 0 Å². The Labute approximate surface area is 245 Å². The van der Waals surface area contributed by atoms with E-state index in [1.807, 2.05) is 54.6 Å². The van der Waals surface area contributed by atoms with Crippen molar-refractivity contribution < 1.29 is 23.7 Å². The molecule has 1 aromatic heterocycles. The Kier molecular flexibility index (Phi) is 8.34. The molecule has 42 heavy (non-hydrogen) atoms. The van der Waals surface area contributed by atoms with Gasteiger partial charge in [-0.15, -0.1) is 0 Å². The summed E-state index contributed by atoms with van der Waals surface area (Å²) < 4.78 is 22.6. The predicted octanol–water partition coefficient (Wildman–Crippen LogP) is 4.23. The molecular formula is C32H35N5O5. The summed E-state index contributed by atoms with van der Waals surface area (Å²) >= 11 is 0. The molecule has 6 rings (SSSR count). The predicted molar refractivity (Wildman–Crippen MR) is 160 cm³/mol. The van der Waals surface area contributed by atoms with Crippen molar-refractivity contribution in [2.75, 3.05) is 65.6 Å². The fraction of sp³-hybridized carbons (Fsp3) is 0.344. The standard InChI is InChI=1S/C32H35N5O5/c1-36-11-13-37(14-12-36)10-3-15-40-30-19-26-25(18-28(30)39-2)32(34-20-33-26)23-5-7-24(8-6-23)35-31(38)17-22-4-9-27-29(16-22)42-21-41-27/h4-9,16,18-20H,3,10-15,17,21H2,1-2H3,(H,35,38). The van der Waals surface area contributed by atoms with Gasteiger partial charge in [0.05, 0.1) is 31.3 Å². The van der Waals surface area contributed by atoms with Gasteiger partial charge in [-0.1, -0.05) is 18.2 Å². The second-order valence-corrected chi connectivity index (χ2v) is 10.6. The molecule has 0 saturated carbocycles. The zero-order valence-electron chi connectivity index (χ0n) is 24.0. The van der Waals surface area contributed by atoms with Crippen molar-refractivity contribution in [2.45, 2.75) is 12.8 Å². The topological polar surface area (TPSA) is 98.3 Å². The summed E-state index contributed by atoms with van der Waals surface area (Å²) in [7, 11) is 3.81. The average Bonchev–Trinajstić information content (AvgIpc) is 3.48. The minimum Gasteiger partial charge on any atom is -0.493 e. The molecule has 1 saturated heterocycles. The Morgan fingerprint density at radius 1 is 0.952 bits per heavy atom. The molecule has 0 bridgehead atoms. The maximum atomic E-state index is 12.7. The summed E-state index contributed by atoms with van der Waals surface area (Å²) in [5.41, 5.74) is 4.01. The number of nitrogens with one attached hydrogen (secondary N) is 1. The van der Waals surface area contributed by atoms with E-state index in [2.05, 4.69) is 32.1 Å². The maximum Gasteiger partial charge on any atom is 0.231 e. The summed E-state index contributed by atoms with van der Waals surface area (Å²) in [5, 5.41) is 3.82. The summed E-state index contributed by atoms with van der Waals surface area (Å²) in [5.74, 6) is 2.57. The first-order valence-corrected chi connectivity index (χ1v) is 14.2. The third-order valence-corrected chi connectivity index (χ3v) is 7.64. The molecule has 10 heteroatoms. The second-order valence-electron chi connectivity index (χ2n) is 10.6. The normalized spacial score (nSPS) is 15.1. The third kappa shape index (κ3) is 6.40. The van der Waals surface area contributed by atoms with E-state index in [0.717, 1.165) is 66.9 Å². The van der Waals surface area contributed by atoms with Gasteiger partial charge in [0.15, 0.2) is 23.0 Å². The van der Waals surface area contributed by atoms with Crippen molar-refractivity contribution in [3.8, 4) is 34.3 Å². The van der Waals surface area contributed by atoms with Gasteiger partial charge < -0.3 is 34.1 Å². The van der Waals surface area contributed by atoms with Crippen molar-refractivity contribution in [1.29, 1.82) is 0 Å². The van der Waals surface area contributed by atoms with E-state index in [4.69, 9.17) is 18.9 Å². The molecule has 218 valence electrons. The van der Waals surface area contributed by atoms with Gasteiger partial charge in [0.25, 0.3) is 0 Å². The van der Waals surface area contributed by atoms with E-state index in [0.29, 0.717) is 35.3 Å². The van der Waals surface area contributed by atoms with Crippen LogP contribution in [0.3, 0.4) is 0 Å². The van der Waals surface area contributed by atoms with Gasteiger partial charge in [-0.25, -0.2) is 9.97 Å². The first-order chi connectivity index (χ1) is 20.6. The fourth-order valence-corrected chi connectivity index (χ4v) is 5.26. The summed E-state index contributed by atoms with van der Waals surface area (Å²) in [4.78, 5) is 26.6. The first kappa shape index (κ1) is 27.7. The van der Waals surface area contributed by atoms with Crippen molar-refractivity contribution in [2.24, 2.45) is 0 Å². The number of piperazine rings is 1. The number of hydrogen-bond acceptors (Lipinski definition) is 9. The highest BCUT2D eigenvalue weighted by molar-refractivity contribution is 5.95. The summed E-state index contributed by atoms with van der Waals surface area (Å²) in [6, 6.07) is 17.0. The smallest absolute Gasteiger partial charge is 0.231 e. The molecule has 0 unspecified atom stereocenters. The molecule has 4 aromatic rings. The number of carbonyl (C=O) groups is 1. The number of aromatic nitrogens is 2. The summed E-state index contributed by atoms with van der Waals surface area (Å²) in [6.07, 6.45) is 2.73. The second kappa shape index (κ2) is 12.6. The van der Waals surface area contributed by atoms with Gasteiger partial charge in [-0.2, -0.15) is 0 Å². The number of anilines is 1. The van der Waals surface area contributed by atoms with E-state index >= 15 is 0 Å². The lowest BCUT2D eigenvalue weighted by Crippen LogP contribution is -2.44. The molecular weight excluding hydrogens is 534 g/mol. The van der Waals surface area contributed by atoms with Gasteiger partial charge in [0.2, 0.25) is 12.7 Å². The Morgan fingerprint density at radius 3 is 2.57 bits per heavy atom. The number of carbonyl (C=O) groups excluding carboxylic acids is 1. The number of hydrogen-bond donors (Lipinski definition) is 1. The molecule has 2 aliphatic rings. The molecule has 10 nitrogen and oxygen atoms in total. The Hall–Kier alpha value is -4.41. The van der Waals surface area contributed by atoms with E-state index in [9.17, 15) is 4.79 Å². The number of likely N-dealkylation sites (N-methyl/N-ethyl adjacent to an activating group) is 1. The molecule has 3 aromatic carbocycles. The van der Waals surface area contributed by atoms with E-state index in [1.165, 1.54) is 0 Å². The molecule has 1 N–H and O–H groups in total. The first-order valence-electron chi connectivity index (χ1n) is 14.2. The van der Waals surface area contributed by atoms with Gasteiger partial charge >= 0.3 is 0 Å². The number of nitrogens with zero attached hydrogens (tertiary/aromatic N) is 4. The van der Waals surface area contributed by atoms with Gasteiger partial charge in [-0.3, -0.25) is 4.79 Å². The largest absolute Gasteiger partial charge is 0.493 e. The minimum absolute atomic E-state index is 0.116. The zero-order chi connectivity index (χ0) is 28.9. The van der Waals surface area contributed by atoms with Crippen LogP contribution in [-0.2, 0) is 11.2 Å². The van der Waals surface area contributed by atoms with Crippen LogP contribution in [0.15, 0.2) is 60.9 Å². The van der Waals surface area contributed by atoms with Crippen LogP contribution in [0.2, 0.25) is 0 Å². The lowest BCUT2D eigenvalue weighted by Gasteiger charge is -2.32. The number of methoxy groups -OCH3 is 1. The van der Waals surface area contributed by atoms with Crippen molar-refractivity contribution in [3.05, 3.63) is 66.5 Å². The molecule has 1 amide bonds. The van der Waals surface area contributed by atoms with Crippen molar-refractivity contribution in [3.63, 3.8) is 0 Å². The number of rotatable bonds is 10. The monoisotopic (exact) mass is 569 g/mol. The maximum absolute atomic E-state index is 12.7. The lowest BCUT2D eigenvalue weighted by molar-refractivity contribution is -0.115. The SMILES string of the molecule is COc1cc2c(-c3ccc(NC(=O)Cc4ccc5c(c4)OCO5)cc3)ncnc2cc1OCCCN1CCN(C)CC1. The van der Waals surface area contributed by atoms with Crippen molar-refractivity contribution in [1.82, 2.24) is 19.8 Å². The van der Waals surface area contributed by atoms with Crippen molar-refractivity contribution >= 4 is 22.5 Å². The molecule has 0 atom stereocenters. The average molecular weight is 570 g/mol. The molecule has 2 aliphatic heterocycles. The van der Waals surface area contributed by atoms with Crippen LogP contribution >= 0.6 is 0 Å². The molecule has 0 radical (unpaired) electrons. The number of benzene rings is 3. The third-order valence-electron chi connectivity index (χ3n) is 7.64. The summed E-state index contributed by atoms with van der Waals surface area (Å²) in [6.45, 7) is 6.26. The number of amides is 1. The highest BCUT2D eigenvalue weighted by atomic mass is 16.7. The van der Waals surface area contributed by atoms with Crippen LogP contribution in [0.4, 0.5) is 5.69 Å². The zero-order valence-corrected chi connectivity index (χ0v) is 24.0. The van der Waals surface area contributed by atoms with Gasteiger partial charge in [0, 0.05) is 55.4 Å². The highest BCUT2D eigenvalue weighted by Crippen LogP contribution is 2.36. The lowest BCUT2D eigenvalue weighted by atomic mass is 10.1. The van der Waals surface area contributed by atoms with Crippen LogP contribution in [0.25, 0.3) is 22.2 Å². The number of ether oxygens (including phenoxy) is 4. The molecule has 0 spiro atoms. The Balaban J connectivity index is 1.10. The van der Waals surface area contributed by atoms with Gasteiger partial charge in [0.1, 0.15) is 6.33 Å². The molecule has 1 fully saturated rings. The molecule has 0 aliphatic carbocycles. The Bertz CT molecular complexity index is 1550. The van der Waals surface area contributed by atoms with Crippen LogP contribution in [0, 0.1) is 0 Å². The minimum atomic E-state index is -0.116. The van der Waals surface area contributed by atoms with E-state index in [-0.39, 0.29) is 19.1 Å². The highest BCUT2D eigenvalue weighted by Gasteiger charge is 2.17. The van der Waals surface area contributed by atoms with Crippen LogP contribution in [0.5, 0.6) is 23.0 Å². The van der Waals surface area contributed by atoms with Crippen LogP contribution in [0.1, 0.15) is 12.0 Å². The van der Waals surface area contributed by atoms with Crippen LogP contribution < -0.4 is 24.3 Å².